The summed E-state index contributed by atoms with van der Waals surface area (Å²) < 4.78 is 0. The molecule has 4 rings (SSSR count). The lowest BCUT2D eigenvalue weighted by molar-refractivity contribution is 0.476. The van der Waals surface area contributed by atoms with Crippen LogP contribution in [0.25, 0.3) is 32.9 Å². The highest BCUT2D eigenvalue weighted by Crippen LogP contribution is 2.35. The first kappa shape index (κ1) is 12.8. The molecule has 0 aliphatic heterocycles. The number of para-hydroxylation sites is 1. The van der Waals surface area contributed by atoms with E-state index >= 15 is 0 Å². The largest absolute Gasteiger partial charge is 0.508 e. The van der Waals surface area contributed by atoms with Gasteiger partial charge in [0.25, 0.3) is 0 Å². The van der Waals surface area contributed by atoms with Crippen molar-refractivity contribution in [1.29, 1.82) is 0 Å². The lowest BCUT2D eigenvalue weighted by Gasteiger charge is -2.11. The van der Waals surface area contributed by atoms with E-state index in [2.05, 4.69) is 42.2 Å². The number of hydrogen-bond donors (Lipinski definition) is 1. The minimum Gasteiger partial charge on any atom is -0.508 e. The Morgan fingerprint density at radius 2 is 1.50 bits per heavy atom. The zero-order chi connectivity index (χ0) is 15.1. The van der Waals surface area contributed by atoms with Crippen LogP contribution in [0.3, 0.4) is 0 Å². The Bertz CT molecular complexity index is 988. The van der Waals surface area contributed by atoms with E-state index in [1.165, 1.54) is 16.7 Å². The number of phenols is 1. The predicted octanol–water partition coefficient (Wildman–Crippen LogP) is 5.07. The van der Waals surface area contributed by atoms with Gasteiger partial charge >= 0.3 is 0 Å². The van der Waals surface area contributed by atoms with E-state index in [1.54, 1.807) is 12.1 Å². The maximum atomic E-state index is 9.76. The van der Waals surface area contributed by atoms with E-state index in [0.717, 1.165) is 21.8 Å². The molecule has 2 nitrogen and oxygen atoms in total. The van der Waals surface area contributed by atoms with Gasteiger partial charge < -0.3 is 5.11 Å². The zero-order valence-corrected chi connectivity index (χ0v) is 12.2. The highest BCUT2D eigenvalue weighted by atomic mass is 16.3. The molecule has 0 bridgehead atoms. The topological polar surface area (TPSA) is 33.1 Å². The summed E-state index contributed by atoms with van der Waals surface area (Å²) in [5, 5.41) is 11.9. The van der Waals surface area contributed by atoms with Crippen LogP contribution in [-0.4, -0.2) is 10.1 Å². The summed E-state index contributed by atoms with van der Waals surface area (Å²) >= 11 is 0. The van der Waals surface area contributed by atoms with Crippen LogP contribution < -0.4 is 0 Å². The molecule has 22 heavy (non-hydrogen) atoms. The minimum atomic E-state index is 0.241. The normalized spacial score (nSPS) is 11.1. The lowest BCUT2D eigenvalue weighted by Crippen LogP contribution is -1.89. The second-order valence-corrected chi connectivity index (χ2v) is 5.57. The average Bonchev–Trinajstić information content (AvgIpc) is 2.53. The molecule has 0 aliphatic carbocycles. The van der Waals surface area contributed by atoms with Gasteiger partial charge in [-0.25, -0.2) is 4.98 Å². The monoisotopic (exact) mass is 285 g/mol. The Hall–Kier alpha value is -2.87. The molecule has 0 unspecified atom stereocenters. The molecule has 0 amide bonds. The SMILES string of the molecule is Cc1ccc(-c2c3ccccc3nc3cc(O)ccc23)cc1. The third kappa shape index (κ3) is 2.01. The highest BCUT2D eigenvalue weighted by molar-refractivity contribution is 6.09. The second-order valence-electron chi connectivity index (χ2n) is 5.57. The maximum absolute atomic E-state index is 9.76. The Labute approximate surface area is 128 Å². The Kier molecular flexibility index (Phi) is 2.83. The fourth-order valence-corrected chi connectivity index (χ4v) is 2.91. The number of aromatic hydroxyl groups is 1. The standard InChI is InChI=1S/C20H15NO/c1-13-6-8-14(9-7-13)20-16-4-2-3-5-18(16)21-19-12-15(22)10-11-17(19)20/h2-12,22H,1H3. The molecule has 4 aromatic rings. The average molecular weight is 285 g/mol. The molecule has 0 radical (unpaired) electrons. The molecular weight excluding hydrogens is 270 g/mol. The third-order valence-corrected chi connectivity index (χ3v) is 4.01. The van der Waals surface area contributed by atoms with E-state index in [-0.39, 0.29) is 5.75 Å². The van der Waals surface area contributed by atoms with Crippen LogP contribution >= 0.6 is 0 Å². The van der Waals surface area contributed by atoms with E-state index < -0.39 is 0 Å². The Balaban J connectivity index is 2.18. The summed E-state index contributed by atoms with van der Waals surface area (Å²) in [4.78, 5) is 4.68. The van der Waals surface area contributed by atoms with Gasteiger partial charge in [-0.15, -0.1) is 0 Å². The van der Waals surface area contributed by atoms with Crippen LogP contribution in [0, 0.1) is 6.92 Å². The van der Waals surface area contributed by atoms with Gasteiger partial charge in [0, 0.05) is 22.4 Å². The molecule has 0 atom stereocenters. The molecule has 2 heteroatoms. The first-order valence-corrected chi connectivity index (χ1v) is 7.31. The maximum Gasteiger partial charge on any atom is 0.117 e. The van der Waals surface area contributed by atoms with Crippen LogP contribution in [0.5, 0.6) is 5.75 Å². The number of aryl methyl sites for hydroxylation is 1. The van der Waals surface area contributed by atoms with Crippen molar-refractivity contribution in [2.45, 2.75) is 6.92 Å². The van der Waals surface area contributed by atoms with Gasteiger partial charge in [0.05, 0.1) is 11.0 Å². The van der Waals surface area contributed by atoms with Crippen LogP contribution in [0.2, 0.25) is 0 Å². The van der Waals surface area contributed by atoms with Crippen molar-refractivity contribution in [3.05, 3.63) is 72.3 Å². The van der Waals surface area contributed by atoms with Gasteiger partial charge in [0.1, 0.15) is 5.75 Å². The van der Waals surface area contributed by atoms with Crippen molar-refractivity contribution in [1.82, 2.24) is 4.98 Å². The van der Waals surface area contributed by atoms with Crippen LogP contribution in [0.1, 0.15) is 5.56 Å². The molecule has 1 heterocycles. The fraction of sp³-hybridized carbons (Fsp3) is 0.0500. The fourth-order valence-electron chi connectivity index (χ4n) is 2.91. The Morgan fingerprint density at radius 1 is 0.773 bits per heavy atom. The van der Waals surface area contributed by atoms with Crippen molar-refractivity contribution in [2.75, 3.05) is 0 Å². The van der Waals surface area contributed by atoms with E-state index in [0.29, 0.717) is 0 Å². The number of phenolic OH excluding ortho intramolecular Hbond substituents is 1. The predicted molar refractivity (Wildman–Crippen MR) is 91.1 cm³/mol. The summed E-state index contributed by atoms with van der Waals surface area (Å²) in [6.45, 7) is 2.09. The minimum absolute atomic E-state index is 0.241. The summed E-state index contributed by atoms with van der Waals surface area (Å²) in [6, 6.07) is 22.0. The van der Waals surface area contributed by atoms with Gasteiger partial charge in [-0.3, -0.25) is 0 Å². The highest BCUT2D eigenvalue weighted by Gasteiger charge is 2.11. The molecule has 0 spiro atoms. The van der Waals surface area contributed by atoms with Crippen LogP contribution in [0.15, 0.2) is 66.7 Å². The van der Waals surface area contributed by atoms with Crippen molar-refractivity contribution in [3.63, 3.8) is 0 Å². The van der Waals surface area contributed by atoms with Crippen molar-refractivity contribution in [3.8, 4) is 16.9 Å². The number of benzene rings is 3. The molecular formula is C20H15NO. The molecule has 0 aliphatic rings. The quantitative estimate of drug-likeness (QED) is 0.495. The number of aromatic nitrogens is 1. The number of hydrogen-bond acceptors (Lipinski definition) is 2. The third-order valence-electron chi connectivity index (χ3n) is 4.01. The van der Waals surface area contributed by atoms with Crippen LogP contribution in [-0.2, 0) is 0 Å². The number of fused-ring (bicyclic) bond motifs is 2. The van der Waals surface area contributed by atoms with E-state index in [9.17, 15) is 5.11 Å². The van der Waals surface area contributed by atoms with Crippen molar-refractivity contribution < 1.29 is 5.11 Å². The van der Waals surface area contributed by atoms with Gasteiger partial charge in [-0.2, -0.15) is 0 Å². The van der Waals surface area contributed by atoms with Gasteiger partial charge in [0.2, 0.25) is 0 Å². The zero-order valence-electron chi connectivity index (χ0n) is 12.2. The molecule has 0 saturated heterocycles. The molecule has 0 saturated carbocycles. The first-order valence-electron chi connectivity index (χ1n) is 7.31. The number of pyridine rings is 1. The van der Waals surface area contributed by atoms with Gasteiger partial charge in [0.15, 0.2) is 0 Å². The first-order chi connectivity index (χ1) is 10.7. The van der Waals surface area contributed by atoms with E-state index in [1.807, 2.05) is 24.3 Å². The summed E-state index contributed by atoms with van der Waals surface area (Å²) in [5.41, 5.74) is 5.33. The molecule has 1 N–H and O–H groups in total. The van der Waals surface area contributed by atoms with Crippen molar-refractivity contribution in [2.24, 2.45) is 0 Å². The number of rotatable bonds is 1. The lowest BCUT2D eigenvalue weighted by atomic mass is 9.95. The van der Waals surface area contributed by atoms with E-state index in [4.69, 9.17) is 0 Å². The molecule has 0 fully saturated rings. The van der Waals surface area contributed by atoms with Gasteiger partial charge in [-0.05, 0) is 30.7 Å². The van der Waals surface area contributed by atoms with Crippen LogP contribution in [0.4, 0.5) is 0 Å². The van der Waals surface area contributed by atoms with Gasteiger partial charge in [-0.1, -0.05) is 48.0 Å². The summed E-state index contributed by atoms with van der Waals surface area (Å²) in [6.07, 6.45) is 0. The molecule has 1 aromatic heterocycles. The van der Waals surface area contributed by atoms with Crippen molar-refractivity contribution >= 4 is 21.8 Å². The smallest absolute Gasteiger partial charge is 0.117 e. The summed E-state index contributed by atoms with van der Waals surface area (Å²) in [5.74, 6) is 0.241. The summed E-state index contributed by atoms with van der Waals surface area (Å²) in [7, 11) is 0. The molecule has 106 valence electrons. The molecule has 3 aromatic carbocycles. The second kappa shape index (κ2) is 4.85. The Morgan fingerprint density at radius 3 is 2.32 bits per heavy atom. The number of nitrogens with zero attached hydrogens (tertiary/aromatic N) is 1.